The number of benzene rings is 1. The van der Waals surface area contributed by atoms with Crippen molar-refractivity contribution >= 4 is 0 Å². The standard InChI is InChI=1S/C14H22FNO2/c1-11(2)9-18-10-14(17)8-16-7-12-3-5-13(15)6-4-12/h3-6,11,14,16-17H,7-10H2,1-2H3. The summed E-state index contributed by atoms with van der Waals surface area (Å²) in [6, 6.07) is 6.31. The van der Waals surface area contributed by atoms with Crippen molar-refractivity contribution in [2.24, 2.45) is 5.92 Å². The molecule has 1 atom stereocenters. The molecular formula is C14H22FNO2. The van der Waals surface area contributed by atoms with Gasteiger partial charge in [0.1, 0.15) is 5.82 Å². The van der Waals surface area contributed by atoms with Gasteiger partial charge in [-0.25, -0.2) is 4.39 Å². The molecular weight excluding hydrogens is 233 g/mol. The summed E-state index contributed by atoms with van der Waals surface area (Å²) in [6.45, 7) is 6.22. The number of nitrogens with one attached hydrogen (secondary N) is 1. The van der Waals surface area contributed by atoms with E-state index in [0.717, 1.165) is 5.56 Å². The third-order valence-corrected chi connectivity index (χ3v) is 2.38. The van der Waals surface area contributed by atoms with Crippen molar-refractivity contribution in [2.75, 3.05) is 19.8 Å². The van der Waals surface area contributed by atoms with Crippen LogP contribution in [-0.2, 0) is 11.3 Å². The average Bonchev–Trinajstić information content (AvgIpc) is 2.31. The molecule has 0 amide bonds. The van der Waals surface area contributed by atoms with E-state index in [0.29, 0.717) is 32.2 Å². The minimum atomic E-state index is -0.510. The number of aliphatic hydroxyl groups is 1. The zero-order valence-corrected chi connectivity index (χ0v) is 11.0. The molecule has 1 aromatic rings. The monoisotopic (exact) mass is 255 g/mol. The summed E-state index contributed by atoms with van der Waals surface area (Å²) in [4.78, 5) is 0. The van der Waals surface area contributed by atoms with Gasteiger partial charge in [0, 0.05) is 19.7 Å². The van der Waals surface area contributed by atoms with E-state index in [4.69, 9.17) is 4.74 Å². The van der Waals surface area contributed by atoms with E-state index in [1.54, 1.807) is 12.1 Å². The van der Waals surface area contributed by atoms with Crippen LogP contribution < -0.4 is 5.32 Å². The number of halogens is 1. The molecule has 1 rings (SSSR count). The highest BCUT2D eigenvalue weighted by Gasteiger charge is 2.04. The fourth-order valence-electron chi connectivity index (χ4n) is 1.48. The van der Waals surface area contributed by atoms with Crippen LogP contribution in [0.3, 0.4) is 0 Å². The van der Waals surface area contributed by atoms with E-state index < -0.39 is 6.10 Å². The second kappa shape index (κ2) is 8.19. The van der Waals surface area contributed by atoms with Gasteiger partial charge in [-0.3, -0.25) is 0 Å². The minimum absolute atomic E-state index is 0.235. The minimum Gasteiger partial charge on any atom is -0.389 e. The van der Waals surface area contributed by atoms with E-state index in [2.05, 4.69) is 19.2 Å². The Kier molecular flexibility index (Phi) is 6.86. The van der Waals surface area contributed by atoms with Crippen LogP contribution in [0.4, 0.5) is 4.39 Å². The molecule has 0 fully saturated rings. The zero-order chi connectivity index (χ0) is 13.4. The zero-order valence-electron chi connectivity index (χ0n) is 11.0. The van der Waals surface area contributed by atoms with Crippen molar-refractivity contribution in [2.45, 2.75) is 26.5 Å². The maximum atomic E-state index is 12.7. The molecule has 102 valence electrons. The lowest BCUT2D eigenvalue weighted by Gasteiger charge is -2.13. The highest BCUT2D eigenvalue weighted by atomic mass is 19.1. The first-order valence-electron chi connectivity index (χ1n) is 6.29. The molecule has 2 N–H and O–H groups in total. The molecule has 0 saturated heterocycles. The first kappa shape index (κ1) is 15.1. The van der Waals surface area contributed by atoms with Gasteiger partial charge in [0.15, 0.2) is 0 Å². The lowest BCUT2D eigenvalue weighted by Crippen LogP contribution is -2.30. The second-order valence-electron chi connectivity index (χ2n) is 4.84. The van der Waals surface area contributed by atoms with Gasteiger partial charge in [-0.2, -0.15) is 0 Å². The Labute approximate surface area is 108 Å². The highest BCUT2D eigenvalue weighted by molar-refractivity contribution is 5.15. The Hall–Kier alpha value is -0.970. The number of hydrogen-bond donors (Lipinski definition) is 2. The first-order valence-corrected chi connectivity index (χ1v) is 6.29. The number of rotatable bonds is 8. The first-order chi connectivity index (χ1) is 8.58. The van der Waals surface area contributed by atoms with Crippen LogP contribution in [-0.4, -0.2) is 31.0 Å². The van der Waals surface area contributed by atoms with Crippen LogP contribution in [0.25, 0.3) is 0 Å². The normalized spacial score (nSPS) is 12.9. The predicted octanol–water partition coefficient (Wildman–Crippen LogP) is 1.95. The summed E-state index contributed by atoms with van der Waals surface area (Å²) in [7, 11) is 0. The molecule has 1 unspecified atom stereocenters. The van der Waals surface area contributed by atoms with Crippen LogP contribution in [0.1, 0.15) is 19.4 Å². The van der Waals surface area contributed by atoms with Gasteiger partial charge in [0.2, 0.25) is 0 Å². The van der Waals surface area contributed by atoms with Crippen molar-refractivity contribution in [1.29, 1.82) is 0 Å². The van der Waals surface area contributed by atoms with Gasteiger partial charge in [0.25, 0.3) is 0 Å². The van der Waals surface area contributed by atoms with E-state index in [9.17, 15) is 9.50 Å². The Morgan fingerprint density at radius 2 is 1.89 bits per heavy atom. The maximum absolute atomic E-state index is 12.7. The van der Waals surface area contributed by atoms with Gasteiger partial charge >= 0.3 is 0 Å². The van der Waals surface area contributed by atoms with Crippen molar-refractivity contribution < 1.29 is 14.2 Å². The fraction of sp³-hybridized carbons (Fsp3) is 0.571. The number of hydrogen-bond acceptors (Lipinski definition) is 3. The van der Waals surface area contributed by atoms with Crippen LogP contribution >= 0.6 is 0 Å². The van der Waals surface area contributed by atoms with E-state index >= 15 is 0 Å². The summed E-state index contributed by atoms with van der Waals surface area (Å²) < 4.78 is 18.0. The van der Waals surface area contributed by atoms with Gasteiger partial charge in [-0.1, -0.05) is 26.0 Å². The molecule has 3 nitrogen and oxygen atoms in total. The van der Waals surface area contributed by atoms with Gasteiger partial charge in [0.05, 0.1) is 12.7 Å². The highest BCUT2D eigenvalue weighted by Crippen LogP contribution is 2.02. The third kappa shape index (κ3) is 6.69. The van der Waals surface area contributed by atoms with Crippen molar-refractivity contribution in [3.8, 4) is 0 Å². The molecule has 0 aliphatic rings. The van der Waals surface area contributed by atoms with Gasteiger partial charge < -0.3 is 15.2 Å². The quantitative estimate of drug-likeness (QED) is 0.746. The fourth-order valence-corrected chi connectivity index (χ4v) is 1.48. The van der Waals surface area contributed by atoms with Gasteiger partial charge in [-0.05, 0) is 23.6 Å². The number of ether oxygens (including phenoxy) is 1. The summed E-state index contributed by atoms with van der Waals surface area (Å²) in [5.41, 5.74) is 0.992. The molecule has 0 aromatic heterocycles. The lowest BCUT2D eigenvalue weighted by atomic mass is 10.2. The molecule has 4 heteroatoms. The summed E-state index contributed by atoms with van der Waals surface area (Å²) >= 11 is 0. The van der Waals surface area contributed by atoms with Crippen LogP contribution in [0.2, 0.25) is 0 Å². The molecule has 18 heavy (non-hydrogen) atoms. The molecule has 0 heterocycles. The molecule has 0 saturated carbocycles. The van der Waals surface area contributed by atoms with E-state index in [-0.39, 0.29) is 5.82 Å². The average molecular weight is 255 g/mol. The Morgan fingerprint density at radius 1 is 1.22 bits per heavy atom. The SMILES string of the molecule is CC(C)COCC(O)CNCc1ccc(F)cc1. The third-order valence-electron chi connectivity index (χ3n) is 2.38. The predicted molar refractivity (Wildman–Crippen MR) is 69.8 cm³/mol. The molecule has 1 aromatic carbocycles. The van der Waals surface area contributed by atoms with Crippen molar-refractivity contribution in [3.63, 3.8) is 0 Å². The lowest BCUT2D eigenvalue weighted by molar-refractivity contribution is 0.0260. The second-order valence-corrected chi connectivity index (χ2v) is 4.84. The molecule has 0 aliphatic heterocycles. The summed E-state index contributed by atoms with van der Waals surface area (Å²) in [5, 5.41) is 12.7. The van der Waals surface area contributed by atoms with Crippen LogP contribution in [0.5, 0.6) is 0 Å². The number of aliphatic hydroxyl groups excluding tert-OH is 1. The van der Waals surface area contributed by atoms with Crippen molar-refractivity contribution in [1.82, 2.24) is 5.32 Å². The summed E-state index contributed by atoms with van der Waals surface area (Å²) in [6.07, 6.45) is -0.510. The van der Waals surface area contributed by atoms with Crippen molar-refractivity contribution in [3.05, 3.63) is 35.6 Å². The smallest absolute Gasteiger partial charge is 0.123 e. The molecule has 0 spiro atoms. The topological polar surface area (TPSA) is 41.5 Å². The largest absolute Gasteiger partial charge is 0.389 e. The Balaban J connectivity index is 2.11. The van der Waals surface area contributed by atoms with Gasteiger partial charge in [-0.15, -0.1) is 0 Å². The summed E-state index contributed by atoms with van der Waals surface area (Å²) in [5.74, 6) is 0.241. The van der Waals surface area contributed by atoms with Crippen LogP contribution in [0, 0.1) is 11.7 Å². The molecule has 0 radical (unpaired) electrons. The van der Waals surface area contributed by atoms with E-state index in [1.165, 1.54) is 12.1 Å². The van der Waals surface area contributed by atoms with Crippen LogP contribution in [0.15, 0.2) is 24.3 Å². The van der Waals surface area contributed by atoms with E-state index in [1.807, 2.05) is 0 Å². The maximum Gasteiger partial charge on any atom is 0.123 e. The Bertz CT molecular complexity index is 327. The molecule has 0 aliphatic carbocycles. The Morgan fingerprint density at radius 3 is 2.50 bits per heavy atom. The molecule has 0 bridgehead atoms.